The lowest BCUT2D eigenvalue weighted by atomic mass is 10.1. The van der Waals surface area contributed by atoms with E-state index in [0.717, 1.165) is 17.1 Å². The van der Waals surface area contributed by atoms with Gasteiger partial charge in [0, 0.05) is 6.04 Å². The highest BCUT2D eigenvalue weighted by Gasteiger charge is 2.08. The minimum Gasteiger partial charge on any atom is -0.493 e. The Morgan fingerprint density at radius 2 is 2.11 bits per heavy atom. The Kier molecular flexibility index (Phi) is 4.23. The van der Waals surface area contributed by atoms with Gasteiger partial charge in [0.05, 0.1) is 7.11 Å². The highest BCUT2D eigenvalue weighted by Crippen LogP contribution is 2.30. The first-order valence-corrected chi connectivity index (χ1v) is 6.72. The van der Waals surface area contributed by atoms with Crippen LogP contribution in [0, 0.1) is 0 Å². The standard InChI is InChI=1S/C14H17NO2S/c1-10(15)12-3-4-13(14(7-12)16-2)17-8-11-5-6-18-9-11/h3-7,9-10H,8,15H2,1-2H3. The third kappa shape index (κ3) is 3.03. The molecule has 0 amide bonds. The summed E-state index contributed by atoms with van der Waals surface area (Å²) >= 11 is 1.66. The minimum atomic E-state index is -0.00942. The largest absolute Gasteiger partial charge is 0.493 e. The van der Waals surface area contributed by atoms with Crippen LogP contribution in [0.1, 0.15) is 24.1 Å². The summed E-state index contributed by atoms with van der Waals surface area (Å²) < 4.78 is 11.1. The molecule has 0 saturated carbocycles. The van der Waals surface area contributed by atoms with Crippen LogP contribution in [0.25, 0.3) is 0 Å². The molecule has 4 heteroatoms. The molecule has 0 aliphatic carbocycles. The minimum absolute atomic E-state index is 0.00942. The van der Waals surface area contributed by atoms with Crippen molar-refractivity contribution in [2.75, 3.05) is 7.11 Å². The van der Waals surface area contributed by atoms with E-state index in [1.807, 2.05) is 36.6 Å². The van der Waals surface area contributed by atoms with Crippen LogP contribution in [0.3, 0.4) is 0 Å². The van der Waals surface area contributed by atoms with Crippen LogP contribution in [0.15, 0.2) is 35.0 Å². The van der Waals surface area contributed by atoms with Crippen LogP contribution in [-0.2, 0) is 6.61 Å². The van der Waals surface area contributed by atoms with E-state index in [2.05, 4.69) is 5.38 Å². The first kappa shape index (κ1) is 12.9. The highest BCUT2D eigenvalue weighted by molar-refractivity contribution is 7.07. The van der Waals surface area contributed by atoms with Crippen molar-refractivity contribution in [1.29, 1.82) is 0 Å². The van der Waals surface area contributed by atoms with Gasteiger partial charge >= 0.3 is 0 Å². The first-order chi connectivity index (χ1) is 8.70. The average Bonchev–Trinajstić information content (AvgIpc) is 2.89. The second-order valence-corrected chi connectivity index (χ2v) is 4.90. The third-order valence-electron chi connectivity index (χ3n) is 2.69. The lowest BCUT2D eigenvalue weighted by Crippen LogP contribution is -2.05. The average molecular weight is 263 g/mol. The number of hydrogen-bond donors (Lipinski definition) is 1. The molecule has 0 bridgehead atoms. The Labute approximate surface area is 111 Å². The monoisotopic (exact) mass is 263 g/mol. The number of hydrogen-bond acceptors (Lipinski definition) is 4. The summed E-state index contributed by atoms with van der Waals surface area (Å²) in [7, 11) is 1.64. The topological polar surface area (TPSA) is 44.5 Å². The fraction of sp³-hybridized carbons (Fsp3) is 0.286. The van der Waals surface area contributed by atoms with Crippen molar-refractivity contribution in [2.45, 2.75) is 19.6 Å². The molecule has 0 aliphatic rings. The van der Waals surface area contributed by atoms with Crippen molar-refractivity contribution in [3.05, 3.63) is 46.2 Å². The van der Waals surface area contributed by atoms with Crippen molar-refractivity contribution in [1.82, 2.24) is 0 Å². The molecule has 0 spiro atoms. The Balaban J connectivity index is 2.12. The molecule has 1 unspecified atom stereocenters. The van der Waals surface area contributed by atoms with E-state index in [9.17, 15) is 0 Å². The Morgan fingerprint density at radius 1 is 1.28 bits per heavy atom. The summed E-state index contributed by atoms with van der Waals surface area (Å²) in [5.74, 6) is 1.47. The second kappa shape index (κ2) is 5.89. The zero-order chi connectivity index (χ0) is 13.0. The van der Waals surface area contributed by atoms with Crippen LogP contribution in [0.5, 0.6) is 11.5 Å². The maximum atomic E-state index is 5.84. The van der Waals surface area contributed by atoms with Gasteiger partial charge in [-0.3, -0.25) is 0 Å². The van der Waals surface area contributed by atoms with Crippen LogP contribution in [0.4, 0.5) is 0 Å². The van der Waals surface area contributed by atoms with E-state index in [1.54, 1.807) is 18.4 Å². The van der Waals surface area contributed by atoms with Crippen LogP contribution < -0.4 is 15.2 Å². The molecule has 0 radical (unpaired) electrons. The fourth-order valence-corrected chi connectivity index (χ4v) is 2.28. The molecule has 3 nitrogen and oxygen atoms in total. The third-order valence-corrected chi connectivity index (χ3v) is 3.42. The van der Waals surface area contributed by atoms with Gasteiger partial charge in [-0.05, 0) is 47.0 Å². The number of rotatable bonds is 5. The maximum absolute atomic E-state index is 5.84. The molecule has 1 heterocycles. The summed E-state index contributed by atoms with van der Waals surface area (Å²) in [6, 6.07) is 7.84. The van der Waals surface area contributed by atoms with E-state index in [-0.39, 0.29) is 6.04 Å². The summed E-state index contributed by atoms with van der Waals surface area (Å²) in [5.41, 5.74) is 8.05. The molecular weight excluding hydrogens is 246 g/mol. The lowest BCUT2D eigenvalue weighted by molar-refractivity contribution is 0.284. The summed E-state index contributed by atoms with van der Waals surface area (Å²) in [6.07, 6.45) is 0. The van der Waals surface area contributed by atoms with Crippen LogP contribution in [-0.4, -0.2) is 7.11 Å². The van der Waals surface area contributed by atoms with Crippen molar-refractivity contribution >= 4 is 11.3 Å². The Morgan fingerprint density at radius 3 is 2.72 bits per heavy atom. The van der Waals surface area contributed by atoms with Crippen molar-refractivity contribution < 1.29 is 9.47 Å². The van der Waals surface area contributed by atoms with Crippen molar-refractivity contribution in [3.8, 4) is 11.5 Å². The van der Waals surface area contributed by atoms with Gasteiger partial charge in [-0.25, -0.2) is 0 Å². The zero-order valence-electron chi connectivity index (χ0n) is 10.6. The number of methoxy groups -OCH3 is 1. The molecule has 2 aromatic rings. The molecular formula is C14H17NO2S. The molecule has 2 N–H and O–H groups in total. The quantitative estimate of drug-likeness (QED) is 0.899. The van der Waals surface area contributed by atoms with E-state index in [1.165, 1.54) is 5.56 Å². The number of nitrogens with two attached hydrogens (primary N) is 1. The molecule has 1 aromatic carbocycles. The smallest absolute Gasteiger partial charge is 0.161 e. The Bertz CT molecular complexity index is 495. The molecule has 18 heavy (non-hydrogen) atoms. The molecule has 0 saturated heterocycles. The highest BCUT2D eigenvalue weighted by atomic mass is 32.1. The molecule has 96 valence electrons. The first-order valence-electron chi connectivity index (χ1n) is 5.78. The molecule has 1 atom stereocenters. The molecule has 0 aliphatic heterocycles. The van der Waals surface area contributed by atoms with Gasteiger partial charge in [0.25, 0.3) is 0 Å². The van der Waals surface area contributed by atoms with Gasteiger partial charge in [0.2, 0.25) is 0 Å². The van der Waals surface area contributed by atoms with E-state index in [0.29, 0.717) is 6.61 Å². The SMILES string of the molecule is COc1cc(C(C)N)ccc1OCc1ccsc1. The number of benzene rings is 1. The van der Waals surface area contributed by atoms with Gasteiger partial charge in [0.15, 0.2) is 11.5 Å². The normalized spacial score (nSPS) is 12.2. The van der Waals surface area contributed by atoms with E-state index in [4.69, 9.17) is 15.2 Å². The number of ether oxygens (including phenoxy) is 2. The van der Waals surface area contributed by atoms with Gasteiger partial charge in [-0.15, -0.1) is 0 Å². The van der Waals surface area contributed by atoms with Gasteiger partial charge in [0.1, 0.15) is 6.61 Å². The van der Waals surface area contributed by atoms with Crippen molar-refractivity contribution in [2.24, 2.45) is 5.73 Å². The molecule has 2 rings (SSSR count). The van der Waals surface area contributed by atoms with Crippen LogP contribution >= 0.6 is 11.3 Å². The van der Waals surface area contributed by atoms with Crippen molar-refractivity contribution in [3.63, 3.8) is 0 Å². The van der Waals surface area contributed by atoms with Crippen LogP contribution in [0.2, 0.25) is 0 Å². The second-order valence-electron chi connectivity index (χ2n) is 4.12. The predicted octanol–water partition coefficient (Wildman–Crippen LogP) is 3.36. The number of thiophene rings is 1. The zero-order valence-corrected chi connectivity index (χ0v) is 11.4. The summed E-state index contributed by atoms with van der Waals surface area (Å²) in [6.45, 7) is 2.50. The summed E-state index contributed by atoms with van der Waals surface area (Å²) in [4.78, 5) is 0. The fourth-order valence-electron chi connectivity index (χ4n) is 1.62. The molecule has 1 aromatic heterocycles. The summed E-state index contributed by atoms with van der Waals surface area (Å²) in [5, 5.41) is 4.11. The van der Waals surface area contributed by atoms with Gasteiger partial charge < -0.3 is 15.2 Å². The Hall–Kier alpha value is -1.52. The maximum Gasteiger partial charge on any atom is 0.161 e. The predicted molar refractivity (Wildman–Crippen MR) is 74.2 cm³/mol. The van der Waals surface area contributed by atoms with Gasteiger partial charge in [-0.2, -0.15) is 11.3 Å². The molecule has 0 fully saturated rings. The van der Waals surface area contributed by atoms with E-state index < -0.39 is 0 Å². The van der Waals surface area contributed by atoms with E-state index >= 15 is 0 Å². The van der Waals surface area contributed by atoms with Gasteiger partial charge in [-0.1, -0.05) is 6.07 Å². The lowest BCUT2D eigenvalue weighted by Gasteiger charge is -2.13.